The fraction of sp³-hybridized carbons (Fsp3) is 0.476. The van der Waals surface area contributed by atoms with Crippen LogP contribution >= 0.6 is 15.9 Å². The molecule has 1 aliphatic carbocycles. The van der Waals surface area contributed by atoms with Crippen molar-refractivity contribution in [2.75, 3.05) is 6.54 Å². The SMILES string of the molecule is C[C@@H](c1ccc(Br)cc1)N1C[C@@](CC(C)(C)O)(C2=CCCC=C2)OC1=O. The topological polar surface area (TPSA) is 49.8 Å². The van der Waals surface area contributed by atoms with E-state index in [-0.39, 0.29) is 12.1 Å². The number of hydrogen-bond donors (Lipinski definition) is 1. The highest BCUT2D eigenvalue weighted by atomic mass is 79.9. The summed E-state index contributed by atoms with van der Waals surface area (Å²) in [5.41, 5.74) is 0.293. The molecule has 5 heteroatoms. The van der Waals surface area contributed by atoms with Gasteiger partial charge in [0.05, 0.1) is 18.2 Å². The Morgan fingerprint density at radius 2 is 2.00 bits per heavy atom. The summed E-state index contributed by atoms with van der Waals surface area (Å²) in [4.78, 5) is 14.5. The van der Waals surface area contributed by atoms with Crippen LogP contribution in [0.2, 0.25) is 0 Å². The van der Waals surface area contributed by atoms with Gasteiger partial charge in [-0.25, -0.2) is 4.79 Å². The van der Waals surface area contributed by atoms with Gasteiger partial charge in [-0.05, 0) is 56.9 Å². The Kier molecular flexibility index (Phi) is 5.31. The van der Waals surface area contributed by atoms with Crippen LogP contribution in [0.15, 0.2) is 52.5 Å². The molecule has 1 amide bonds. The van der Waals surface area contributed by atoms with Gasteiger partial charge < -0.3 is 9.84 Å². The van der Waals surface area contributed by atoms with E-state index in [1.165, 1.54) is 0 Å². The van der Waals surface area contributed by atoms with Gasteiger partial charge in [0.15, 0.2) is 5.60 Å². The van der Waals surface area contributed by atoms with Crippen LogP contribution in [0.4, 0.5) is 4.79 Å². The Morgan fingerprint density at radius 1 is 1.31 bits per heavy atom. The molecule has 140 valence electrons. The first-order chi connectivity index (χ1) is 12.2. The summed E-state index contributed by atoms with van der Waals surface area (Å²) in [5.74, 6) is 0. The minimum Gasteiger partial charge on any atom is -0.436 e. The van der Waals surface area contributed by atoms with E-state index in [1.54, 1.807) is 18.7 Å². The number of rotatable bonds is 5. The molecule has 2 aliphatic rings. The molecule has 1 N–H and O–H groups in total. The quantitative estimate of drug-likeness (QED) is 0.718. The number of benzene rings is 1. The van der Waals surface area contributed by atoms with Gasteiger partial charge in [0.25, 0.3) is 0 Å². The second-order valence-electron chi connectivity index (χ2n) is 7.85. The predicted molar refractivity (Wildman–Crippen MR) is 106 cm³/mol. The number of cyclic esters (lactones) is 1. The summed E-state index contributed by atoms with van der Waals surface area (Å²) < 4.78 is 6.95. The van der Waals surface area contributed by atoms with Crippen LogP contribution in [-0.4, -0.2) is 33.8 Å². The smallest absolute Gasteiger partial charge is 0.411 e. The van der Waals surface area contributed by atoms with Crippen molar-refractivity contribution < 1.29 is 14.6 Å². The molecule has 2 atom stereocenters. The van der Waals surface area contributed by atoms with Crippen molar-refractivity contribution in [1.29, 1.82) is 0 Å². The van der Waals surface area contributed by atoms with Crippen molar-refractivity contribution in [3.8, 4) is 0 Å². The second-order valence-corrected chi connectivity index (χ2v) is 8.76. The molecule has 3 rings (SSSR count). The molecule has 1 aliphatic heterocycles. The Hall–Kier alpha value is -1.59. The number of aliphatic hydroxyl groups is 1. The van der Waals surface area contributed by atoms with E-state index in [0.717, 1.165) is 28.5 Å². The lowest BCUT2D eigenvalue weighted by Crippen LogP contribution is -2.43. The van der Waals surface area contributed by atoms with Crippen LogP contribution in [0.25, 0.3) is 0 Å². The minimum absolute atomic E-state index is 0.104. The maximum Gasteiger partial charge on any atom is 0.411 e. The molecule has 0 bridgehead atoms. The summed E-state index contributed by atoms with van der Waals surface area (Å²) in [6, 6.07) is 7.87. The first-order valence-corrected chi connectivity index (χ1v) is 9.84. The zero-order valence-corrected chi connectivity index (χ0v) is 17.1. The Morgan fingerprint density at radius 3 is 2.58 bits per heavy atom. The Labute approximate surface area is 163 Å². The highest BCUT2D eigenvalue weighted by Gasteiger charge is 2.51. The summed E-state index contributed by atoms with van der Waals surface area (Å²) >= 11 is 3.45. The number of allylic oxidation sites excluding steroid dienone is 2. The van der Waals surface area contributed by atoms with Crippen molar-refractivity contribution in [2.24, 2.45) is 0 Å². The van der Waals surface area contributed by atoms with Gasteiger partial charge in [0.1, 0.15) is 0 Å². The van der Waals surface area contributed by atoms with Crippen LogP contribution in [0.5, 0.6) is 0 Å². The number of nitrogens with zero attached hydrogens (tertiary/aromatic N) is 1. The molecule has 0 saturated carbocycles. The molecule has 4 nitrogen and oxygen atoms in total. The molecular formula is C21H26BrNO3. The van der Waals surface area contributed by atoms with Crippen LogP contribution < -0.4 is 0 Å². The molecule has 1 heterocycles. The third-order valence-corrected chi connectivity index (χ3v) is 5.53. The van der Waals surface area contributed by atoms with Crippen molar-refractivity contribution in [3.63, 3.8) is 0 Å². The maximum atomic E-state index is 12.8. The third-order valence-electron chi connectivity index (χ3n) is 5.00. The highest BCUT2D eigenvalue weighted by molar-refractivity contribution is 9.10. The summed E-state index contributed by atoms with van der Waals surface area (Å²) in [7, 11) is 0. The number of halogens is 1. The van der Waals surface area contributed by atoms with Crippen molar-refractivity contribution in [3.05, 3.63) is 58.1 Å². The predicted octanol–water partition coefficient (Wildman–Crippen LogP) is 5.14. The van der Waals surface area contributed by atoms with Crippen molar-refractivity contribution in [2.45, 2.75) is 57.3 Å². The summed E-state index contributed by atoms with van der Waals surface area (Å²) in [6.45, 7) is 5.96. The molecule has 1 aromatic carbocycles. The van der Waals surface area contributed by atoms with Crippen molar-refractivity contribution in [1.82, 2.24) is 4.90 Å². The van der Waals surface area contributed by atoms with Gasteiger partial charge in [-0.2, -0.15) is 0 Å². The maximum absolute atomic E-state index is 12.8. The molecular weight excluding hydrogens is 394 g/mol. The van der Waals surface area contributed by atoms with Gasteiger partial charge in [-0.3, -0.25) is 4.90 Å². The summed E-state index contributed by atoms with van der Waals surface area (Å²) in [5, 5.41) is 10.5. The fourth-order valence-corrected chi connectivity index (χ4v) is 4.07. The van der Waals surface area contributed by atoms with Gasteiger partial charge in [-0.15, -0.1) is 0 Å². The lowest BCUT2D eigenvalue weighted by molar-refractivity contribution is -0.00935. The summed E-state index contributed by atoms with van der Waals surface area (Å²) in [6.07, 6.45) is 8.24. The van der Waals surface area contributed by atoms with E-state index in [1.807, 2.05) is 37.3 Å². The standard InChI is InChI=1S/C21H26BrNO3/c1-15(16-9-11-18(22)12-10-16)23-14-21(26-19(23)24,13-20(2,3)25)17-7-5-4-6-8-17/h5,7-12,15,25H,4,6,13-14H2,1-3H3/t15-,21-/m0/s1. The van der Waals surface area contributed by atoms with Gasteiger partial charge in [0, 0.05) is 10.9 Å². The lowest BCUT2D eigenvalue weighted by atomic mass is 9.81. The van der Waals surface area contributed by atoms with Gasteiger partial charge in [0.2, 0.25) is 0 Å². The third kappa shape index (κ3) is 4.04. The number of hydrogen-bond acceptors (Lipinski definition) is 3. The molecule has 1 saturated heterocycles. The Balaban J connectivity index is 1.91. The van der Waals surface area contributed by atoms with Crippen molar-refractivity contribution >= 4 is 22.0 Å². The molecule has 0 spiro atoms. The first kappa shape index (κ1) is 19.2. The molecule has 0 aromatic heterocycles. The van der Waals surface area contributed by atoms with Crippen LogP contribution in [0.3, 0.4) is 0 Å². The molecule has 26 heavy (non-hydrogen) atoms. The van der Waals surface area contributed by atoms with E-state index in [9.17, 15) is 9.90 Å². The Bertz CT molecular complexity index is 733. The zero-order chi connectivity index (χ0) is 18.9. The fourth-order valence-electron chi connectivity index (χ4n) is 3.81. The highest BCUT2D eigenvalue weighted by Crippen LogP contribution is 2.41. The van der Waals surface area contributed by atoms with Gasteiger partial charge in [-0.1, -0.05) is 46.3 Å². The number of ether oxygens (including phenoxy) is 1. The minimum atomic E-state index is -0.941. The van der Waals surface area contributed by atoms with E-state index < -0.39 is 11.2 Å². The zero-order valence-electron chi connectivity index (χ0n) is 15.5. The number of amides is 1. The number of carbonyl (C=O) groups excluding carboxylic acids is 1. The molecule has 1 fully saturated rings. The molecule has 0 unspecified atom stereocenters. The largest absolute Gasteiger partial charge is 0.436 e. The van der Waals surface area contributed by atoms with E-state index in [4.69, 9.17) is 4.74 Å². The van der Waals surface area contributed by atoms with E-state index in [0.29, 0.717) is 13.0 Å². The monoisotopic (exact) mass is 419 g/mol. The second kappa shape index (κ2) is 7.20. The lowest BCUT2D eigenvalue weighted by Gasteiger charge is -2.35. The average molecular weight is 420 g/mol. The van der Waals surface area contributed by atoms with Crippen LogP contribution in [-0.2, 0) is 4.74 Å². The average Bonchev–Trinajstić information content (AvgIpc) is 2.91. The van der Waals surface area contributed by atoms with Gasteiger partial charge >= 0.3 is 6.09 Å². The first-order valence-electron chi connectivity index (χ1n) is 9.05. The van der Waals surface area contributed by atoms with E-state index in [2.05, 4.69) is 28.1 Å². The van der Waals surface area contributed by atoms with Crippen LogP contribution in [0.1, 0.15) is 51.6 Å². The normalized spacial score (nSPS) is 24.4. The molecule has 0 radical (unpaired) electrons. The van der Waals surface area contributed by atoms with E-state index >= 15 is 0 Å². The number of carbonyl (C=O) groups is 1. The van der Waals surface area contributed by atoms with Crippen LogP contribution in [0, 0.1) is 0 Å². The molecule has 1 aromatic rings.